The number of aliphatic hydroxyl groups is 4. The van der Waals surface area contributed by atoms with Crippen LogP contribution in [0.15, 0.2) is 0 Å². The Hall–Kier alpha value is -1.79. The van der Waals surface area contributed by atoms with Crippen LogP contribution in [-0.4, -0.2) is 86.2 Å². The van der Waals surface area contributed by atoms with E-state index >= 15 is 0 Å². The molecule has 0 aromatic carbocycles. The molecule has 1 fully saturated rings. The molecule has 0 unspecified atom stereocenters. The van der Waals surface area contributed by atoms with Crippen LogP contribution in [0.3, 0.4) is 0 Å². The number of esters is 1. The molecule has 0 aromatic rings. The highest BCUT2D eigenvalue weighted by Crippen LogP contribution is 2.33. The lowest BCUT2D eigenvalue weighted by Crippen LogP contribution is -2.68. The van der Waals surface area contributed by atoms with Crippen molar-refractivity contribution in [3.05, 3.63) is 0 Å². The summed E-state index contributed by atoms with van der Waals surface area (Å²) in [6, 6.07) is -1.30. The first-order valence-corrected chi connectivity index (χ1v) is 7.07. The van der Waals surface area contributed by atoms with Gasteiger partial charge in [-0.25, -0.2) is 4.79 Å². The van der Waals surface area contributed by atoms with Gasteiger partial charge in [0.15, 0.2) is 0 Å². The van der Waals surface area contributed by atoms with E-state index in [1.54, 1.807) is 0 Å². The van der Waals surface area contributed by atoms with Crippen LogP contribution in [0.4, 0.5) is 0 Å². The Labute approximate surface area is 136 Å². The van der Waals surface area contributed by atoms with E-state index < -0.39 is 67.1 Å². The molecule has 1 aliphatic rings. The highest BCUT2D eigenvalue weighted by molar-refractivity contribution is 5.80. The molecule has 0 aromatic heterocycles. The SMILES string of the molecule is CC(=O)N[C@H]1[C@H]([C@H](O)[C@H](O)CO)O[C@](OC(C)=O)(C(=O)O)C[C@@H]1O. The Kier molecular flexibility index (Phi) is 6.63. The monoisotopic (exact) mass is 351 g/mol. The summed E-state index contributed by atoms with van der Waals surface area (Å²) in [5.41, 5.74) is 0. The molecular formula is C13H21NO10. The number of amides is 1. The van der Waals surface area contributed by atoms with E-state index in [9.17, 15) is 34.8 Å². The van der Waals surface area contributed by atoms with E-state index in [4.69, 9.17) is 9.84 Å². The second-order valence-electron chi connectivity index (χ2n) is 5.47. The summed E-state index contributed by atoms with van der Waals surface area (Å²) in [5, 5.41) is 50.4. The van der Waals surface area contributed by atoms with Crippen LogP contribution in [0.1, 0.15) is 20.3 Å². The molecule has 0 spiro atoms. The zero-order valence-electron chi connectivity index (χ0n) is 13.1. The molecule has 6 atom stereocenters. The van der Waals surface area contributed by atoms with E-state index in [1.165, 1.54) is 0 Å². The Morgan fingerprint density at radius 1 is 1.33 bits per heavy atom. The number of hydrogen-bond donors (Lipinski definition) is 6. The summed E-state index contributed by atoms with van der Waals surface area (Å²) < 4.78 is 9.85. The maximum Gasteiger partial charge on any atom is 0.377 e. The van der Waals surface area contributed by atoms with Crippen molar-refractivity contribution >= 4 is 17.8 Å². The highest BCUT2D eigenvalue weighted by atomic mass is 16.7. The van der Waals surface area contributed by atoms with Crippen molar-refractivity contribution in [2.24, 2.45) is 0 Å². The predicted molar refractivity (Wildman–Crippen MR) is 74.3 cm³/mol. The number of aliphatic carboxylic acids is 1. The average Bonchev–Trinajstić information content (AvgIpc) is 2.47. The van der Waals surface area contributed by atoms with Crippen LogP contribution >= 0.6 is 0 Å². The van der Waals surface area contributed by atoms with Crippen LogP contribution < -0.4 is 5.32 Å². The van der Waals surface area contributed by atoms with Gasteiger partial charge in [-0.2, -0.15) is 0 Å². The molecule has 24 heavy (non-hydrogen) atoms. The molecule has 0 aliphatic carbocycles. The van der Waals surface area contributed by atoms with Gasteiger partial charge >= 0.3 is 17.7 Å². The maximum absolute atomic E-state index is 11.5. The van der Waals surface area contributed by atoms with Gasteiger partial charge in [-0.3, -0.25) is 9.59 Å². The number of nitrogens with one attached hydrogen (secondary N) is 1. The van der Waals surface area contributed by atoms with Crippen LogP contribution in [0.5, 0.6) is 0 Å². The summed E-state index contributed by atoms with van der Waals surface area (Å²) in [5.74, 6) is -5.98. The van der Waals surface area contributed by atoms with Crippen molar-refractivity contribution in [1.29, 1.82) is 0 Å². The normalized spacial score (nSPS) is 32.5. The number of aliphatic hydroxyl groups excluding tert-OH is 4. The molecule has 6 N–H and O–H groups in total. The van der Waals surface area contributed by atoms with Gasteiger partial charge in [-0.1, -0.05) is 0 Å². The number of carboxylic acid groups (broad SMARTS) is 1. The summed E-state index contributed by atoms with van der Waals surface area (Å²) in [6.45, 7) is 1.15. The fourth-order valence-electron chi connectivity index (χ4n) is 2.46. The minimum atomic E-state index is -2.61. The summed E-state index contributed by atoms with van der Waals surface area (Å²) in [6.07, 6.45) is -7.60. The van der Waals surface area contributed by atoms with Crippen molar-refractivity contribution in [3.63, 3.8) is 0 Å². The Morgan fingerprint density at radius 2 is 1.92 bits per heavy atom. The molecule has 1 amide bonds. The number of carbonyl (C=O) groups is 3. The highest BCUT2D eigenvalue weighted by Gasteiger charge is 2.57. The lowest BCUT2D eigenvalue weighted by Gasteiger charge is -2.45. The summed E-state index contributed by atoms with van der Waals surface area (Å²) in [7, 11) is 0. The van der Waals surface area contributed by atoms with Crippen LogP contribution in [-0.2, 0) is 23.9 Å². The number of hydrogen-bond acceptors (Lipinski definition) is 9. The molecule has 1 heterocycles. The minimum Gasteiger partial charge on any atom is -0.476 e. The van der Waals surface area contributed by atoms with Gasteiger partial charge in [0.05, 0.1) is 25.2 Å². The average molecular weight is 351 g/mol. The first kappa shape index (κ1) is 20.3. The van der Waals surface area contributed by atoms with Gasteiger partial charge in [0, 0.05) is 13.8 Å². The van der Waals surface area contributed by atoms with Gasteiger partial charge < -0.3 is 40.3 Å². The third-order valence-corrected chi connectivity index (χ3v) is 3.50. The first-order chi connectivity index (χ1) is 11.0. The second kappa shape index (κ2) is 7.85. The topological polar surface area (TPSA) is 183 Å². The fourth-order valence-corrected chi connectivity index (χ4v) is 2.46. The quantitative estimate of drug-likeness (QED) is 0.265. The molecule has 0 saturated carbocycles. The number of rotatable bonds is 6. The fraction of sp³-hybridized carbons (Fsp3) is 0.769. The Morgan fingerprint density at radius 3 is 2.33 bits per heavy atom. The van der Waals surface area contributed by atoms with E-state index in [1.807, 2.05) is 0 Å². The molecule has 11 nitrogen and oxygen atoms in total. The molecule has 0 bridgehead atoms. The van der Waals surface area contributed by atoms with E-state index in [0.29, 0.717) is 0 Å². The maximum atomic E-state index is 11.5. The largest absolute Gasteiger partial charge is 0.476 e. The molecule has 0 radical (unpaired) electrons. The van der Waals surface area contributed by atoms with Crippen molar-refractivity contribution in [2.45, 2.75) is 56.5 Å². The van der Waals surface area contributed by atoms with E-state index in [0.717, 1.165) is 13.8 Å². The Balaban J connectivity index is 3.24. The Bertz CT molecular complexity index is 497. The zero-order chi connectivity index (χ0) is 18.7. The van der Waals surface area contributed by atoms with Crippen LogP contribution in [0, 0.1) is 0 Å². The standard InChI is InChI=1S/C13H21NO10/c1-5(16)14-9-7(18)3-13(12(21)22,23-6(2)17)24-11(9)10(20)8(19)4-15/h7-11,15,18-20H,3-4H2,1-2H3,(H,14,16)(H,21,22)/t7-,8+,9+,10+,11+,13-/m0/s1. The van der Waals surface area contributed by atoms with E-state index in [2.05, 4.69) is 10.1 Å². The van der Waals surface area contributed by atoms with Crippen molar-refractivity contribution in [2.75, 3.05) is 6.61 Å². The van der Waals surface area contributed by atoms with Crippen molar-refractivity contribution in [3.8, 4) is 0 Å². The van der Waals surface area contributed by atoms with Crippen LogP contribution in [0.25, 0.3) is 0 Å². The van der Waals surface area contributed by atoms with Gasteiger partial charge in [0.25, 0.3) is 0 Å². The van der Waals surface area contributed by atoms with Gasteiger partial charge in [-0.05, 0) is 0 Å². The number of carboxylic acids is 1. The third-order valence-electron chi connectivity index (χ3n) is 3.50. The van der Waals surface area contributed by atoms with Gasteiger partial charge in [0.2, 0.25) is 5.91 Å². The molecular weight excluding hydrogens is 330 g/mol. The van der Waals surface area contributed by atoms with Crippen molar-refractivity contribution < 1.29 is 49.4 Å². The van der Waals surface area contributed by atoms with Gasteiger partial charge in [-0.15, -0.1) is 0 Å². The summed E-state index contributed by atoms with van der Waals surface area (Å²) in [4.78, 5) is 34.0. The number of ether oxygens (including phenoxy) is 2. The third kappa shape index (κ3) is 4.39. The smallest absolute Gasteiger partial charge is 0.377 e. The predicted octanol–water partition coefficient (Wildman–Crippen LogP) is -3.30. The number of carbonyl (C=O) groups excluding carboxylic acids is 2. The zero-order valence-corrected chi connectivity index (χ0v) is 13.1. The molecule has 1 aliphatic heterocycles. The molecule has 1 rings (SSSR count). The molecule has 138 valence electrons. The lowest BCUT2D eigenvalue weighted by molar-refractivity contribution is -0.300. The molecule has 11 heteroatoms. The summed E-state index contributed by atoms with van der Waals surface area (Å²) >= 11 is 0. The lowest BCUT2D eigenvalue weighted by atomic mass is 9.88. The molecule has 1 saturated heterocycles. The van der Waals surface area contributed by atoms with Gasteiger partial charge in [0.1, 0.15) is 18.3 Å². The minimum absolute atomic E-state index is 0.617. The van der Waals surface area contributed by atoms with E-state index in [-0.39, 0.29) is 0 Å². The first-order valence-electron chi connectivity index (χ1n) is 7.07. The second-order valence-corrected chi connectivity index (χ2v) is 5.47. The van der Waals surface area contributed by atoms with Crippen molar-refractivity contribution in [1.82, 2.24) is 5.32 Å². The van der Waals surface area contributed by atoms with Crippen LogP contribution in [0.2, 0.25) is 0 Å².